The first-order valence-corrected chi connectivity index (χ1v) is 6.36. The lowest BCUT2D eigenvalue weighted by atomic mass is 10.2. The second-order valence-electron chi connectivity index (χ2n) is 4.14. The summed E-state index contributed by atoms with van der Waals surface area (Å²) in [5, 5.41) is 10.1. The summed E-state index contributed by atoms with van der Waals surface area (Å²) in [6.45, 7) is 3.61. The minimum Gasteiger partial charge on any atom is -0.351 e. The Morgan fingerprint density at radius 3 is 2.89 bits per heavy atom. The summed E-state index contributed by atoms with van der Waals surface area (Å²) in [4.78, 5) is 11.6. The number of hydrogen-bond acceptors (Lipinski definition) is 3. The number of nitrogens with one attached hydrogen (secondary N) is 2. The van der Waals surface area contributed by atoms with Gasteiger partial charge in [-0.05, 0) is 24.2 Å². The third kappa shape index (κ3) is 3.66. The molecule has 2 rings (SSSR count). The fraction of sp³-hybridized carbons (Fsp3) is 0.286. The van der Waals surface area contributed by atoms with Crippen molar-refractivity contribution in [3.05, 3.63) is 48.3 Å². The van der Waals surface area contributed by atoms with Gasteiger partial charge in [0.2, 0.25) is 5.91 Å². The fourth-order valence-electron chi connectivity index (χ4n) is 1.79. The first kappa shape index (κ1) is 13.3. The smallest absolute Gasteiger partial charge is 0.234 e. The van der Waals surface area contributed by atoms with Crippen LogP contribution in [0.5, 0.6) is 0 Å². The number of aromatic nitrogens is 2. The summed E-state index contributed by atoms with van der Waals surface area (Å²) in [5.41, 5.74) is 2.02. The molecule has 19 heavy (non-hydrogen) atoms. The molecule has 1 amide bonds. The van der Waals surface area contributed by atoms with Crippen LogP contribution in [0.4, 0.5) is 0 Å². The van der Waals surface area contributed by atoms with Crippen molar-refractivity contribution in [2.75, 3.05) is 13.1 Å². The average Bonchev–Trinajstić information content (AvgIpc) is 2.97. The predicted molar refractivity (Wildman–Crippen MR) is 74.0 cm³/mol. The van der Waals surface area contributed by atoms with Crippen LogP contribution in [-0.4, -0.2) is 28.8 Å². The normalized spacial score (nSPS) is 10.4. The van der Waals surface area contributed by atoms with Crippen LogP contribution in [0.1, 0.15) is 12.5 Å². The predicted octanol–water partition coefficient (Wildman–Crippen LogP) is 1.10. The zero-order valence-corrected chi connectivity index (χ0v) is 11.0. The molecule has 0 fully saturated rings. The highest BCUT2D eigenvalue weighted by Gasteiger charge is 2.05. The van der Waals surface area contributed by atoms with E-state index >= 15 is 0 Å². The van der Waals surface area contributed by atoms with E-state index < -0.39 is 0 Å². The highest BCUT2D eigenvalue weighted by Crippen LogP contribution is 2.12. The van der Waals surface area contributed by atoms with E-state index in [0.717, 1.165) is 17.8 Å². The lowest BCUT2D eigenvalue weighted by Gasteiger charge is -2.10. The average molecular weight is 258 g/mol. The Bertz CT molecular complexity index is 522. The molecule has 0 aliphatic heterocycles. The summed E-state index contributed by atoms with van der Waals surface area (Å²) in [6.07, 6.45) is 3.62. The number of nitrogens with zero attached hydrogens (tertiary/aromatic N) is 2. The van der Waals surface area contributed by atoms with Gasteiger partial charge in [-0.1, -0.05) is 25.1 Å². The van der Waals surface area contributed by atoms with E-state index in [2.05, 4.69) is 15.7 Å². The van der Waals surface area contributed by atoms with Gasteiger partial charge in [-0.15, -0.1) is 0 Å². The monoisotopic (exact) mass is 258 g/mol. The maximum atomic E-state index is 11.6. The quantitative estimate of drug-likeness (QED) is 0.815. The van der Waals surface area contributed by atoms with Crippen molar-refractivity contribution in [1.82, 2.24) is 20.4 Å². The molecule has 5 heteroatoms. The van der Waals surface area contributed by atoms with Gasteiger partial charge in [-0.2, -0.15) is 5.10 Å². The Hall–Kier alpha value is -2.14. The van der Waals surface area contributed by atoms with Gasteiger partial charge in [0, 0.05) is 18.9 Å². The third-order valence-electron chi connectivity index (χ3n) is 2.75. The van der Waals surface area contributed by atoms with E-state index in [0.29, 0.717) is 13.1 Å². The summed E-state index contributed by atoms with van der Waals surface area (Å²) in [7, 11) is 0. The van der Waals surface area contributed by atoms with Gasteiger partial charge in [0.15, 0.2) is 0 Å². The van der Waals surface area contributed by atoms with Crippen LogP contribution < -0.4 is 10.6 Å². The first-order valence-electron chi connectivity index (χ1n) is 6.36. The Morgan fingerprint density at radius 1 is 1.32 bits per heavy atom. The highest BCUT2D eigenvalue weighted by atomic mass is 16.1. The van der Waals surface area contributed by atoms with Gasteiger partial charge in [0.25, 0.3) is 0 Å². The maximum absolute atomic E-state index is 11.6. The van der Waals surface area contributed by atoms with Gasteiger partial charge < -0.3 is 10.6 Å². The molecule has 0 aliphatic carbocycles. The molecule has 100 valence electrons. The number of rotatable bonds is 6. The van der Waals surface area contributed by atoms with Crippen molar-refractivity contribution in [3.63, 3.8) is 0 Å². The Kier molecular flexibility index (Phi) is 4.69. The van der Waals surface area contributed by atoms with E-state index in [1.54, 1.807) is 10.9 Å². The Morgan fingerprint density at radius 2 is 2.16 bits per heavy atom. The van der Waals surface area contributed by atoms with Crippen molar-refractivity contribution in [3.8, 4) is 5.69 Å². The molecule has 0 radical (unpaired) electrons. The van der Waals surface area contributed by atoms with Crippen molar-refractivity contribution in [2.24, 2.45) is 0 Å². The summed E-state index contributed by atoms with van der Waals surface area (Å²) in [6, 6.07) is 9.77. The van der Waals surface area contributed by atoms with Crippen molar-refractivity contribution in [2.45, 2.75) is 13.5 Å². The van der Waals surface area contributed by atoms with E-state index in [9.17, 15) is 4.79 Å². The molecule has 2 aromatic rings. The molecule has 0 unspecified atom stereocenters. The van der Waals surface area contributed by atoms with Gasteiger partial charge in [0.05, 0.1) is 12.2 Å². The molecule has 1 aromatic carbocycles. The summed E-state index contributed by atoms with van der Waals surface area (Å²) < 4.78 is 1.80. The van der Waals surface area contributed by atoms with E-state index in [4.69, 9.17) is 0 Å². The molecule has 0 saturated carbocycles. The fourth-order valence-corrected chi connectivity index (χ4v) is 1.79. The molecule has 0 spiro atoms. The van der Waals surface area contributed by atoms with E-state index in [-0.39, 0.29) is 5.91 Å². The van der Waals surface area contributed by atoms with Crippen molar-refractivity contribution in [1.29, 1.82) is 0 Å². The van der Waals surface area contributed by atoms with Gasteiger partial charge >= 0.3 is 0 Å². The molecule has 0 bridgehead atoms. The summed E-state index contributed by atoms with van der Waals surface area (Å²) in [5.74, 6) is -0.00267. The van der Waals surface area contributed by atoms with Crippen LogP contribution in [-0.2, 0) is 11.3 Å². The lowest BCUT2D eigenvalue weighted by Crippen LogP contribution is -2.33. The number of para-hydroxylation sites is 1. The number of likely N-dealkylation sites (N-methyl/N-ethyl adjacent to an activating group) is 1. The summed E-state index contributed by atoms with van der Waals surface area (Å²) >= 11 is 0. The third-order valence-corrected chi connectivity index (χ3v) is 2.75. The Balaban J connectivity index is 2.03. The van der Waals surface area contributed by atoms with Crippen molar-refractivity contribution < 1.29 is 4.79 Å². The van der Waals surface area contributed by atoms with E-state index in [1.165, 1.54) is 0 Å². The second-order valence-corrected chi connectivity index (χ2v) is 4.14. The number of benzene rings is 1. The largest absolute Gasteiger partial charge is 0.351 e. The molecule has 5 nitrogen and oxygen atoms in total. The van der Waals surface area contributed by atoms with Crippen LogP contribution in [0.25, 0.3) is 5.69 Å². The molecule has 0 saturated heterocycles. The molecular weight excluding hydrogens is 240 g/mol. The number of hydrogen-bond donors (Lipinski definition) is 2. The first-order chi connectivity index (χ1) is 9.31. The van der Waals surface area contributed by atoms with Crippen LogP contribution in [0.15, 0.2) is 42.7 Å². The standard InChI is InChI=1S/C14H18N4O/c1-2-15-11-14(19)16-10-12-6-3-4-7-13(12)18-9-5-8-17-18/h3-9,15H,2,10-11H2,1H3,(H,16,19). The van der Waals surface area contributed by atoms with Gasteiger partial charge in [0.1, 0.15) is 0 Å². The van der Waals surface area contributed by atoms with Crippen LogP contribution in [0, 0.1) is 0 Å². The lowest BCUT2D eigenvalue weighted by molar-refractivity contribution is -0.120. The minimum atomic E-state index is -0.00267. The molecular formula is C14H18N4O. The zero-order chi connectivity index (χ0) is 13.5. The highest BCUT2D eigenvalue weighted by molar-refractivity contribution is 5.78. The molecule has 0 aliphatic rings. The maximum Gasteiger partial charge on any atom is 0.234 e. The number of carbonyl (C=O) groups is 1. The van der Waals surface area contributed by atoms with Crippen LogP contribution in [0.2, 0.25) is 0 Å². The van der Waals surface area contributed by atoms with E-state index in [1.807, 2.05) is 43.5 Å². The molecule has 2 N–H and O–H groups in total. The topological polar surface area (TPSA) is 59.0 Å². The van der Waals surface area contributed by atoms with Gasteiger partial charge in [-0.25, -0.2) is 4.68 Å². The van der Waals surface area contributed by atoms with Crippen molar-refractivity contribution >= 4 is 5.91 Å². The number of carbonyl (C=O) groups excluding carboxylic acids is 1. The SMILES string of the molecule is CCNCC(=O)NCc1ccccc1-n1cccn1. The Labute approximate surface area is 112 Å². The molecule has 1 heterocycles. The second kappa shape index (κ2) is 6.70. The minimum absolute atomic E-state index is 0.00267. The molecule has 1 aromatic heterocycles. The zero-order valence-electron chi connectivity index (χ0n) is 11.0. The van der Waals surface area contributed by atoms with Crippen LogP contribution >= 0.6 is 0 Å². The van der Waals surface area contributed by atoms with Gasteiger partial charge in [-0.3, -0.25) is 4.79 Å². The molecule has 0 atom stereocenters. The van der Waals surface area contributed by atoms with Crippen LogP contribution in [0.3, 0.4) is 0 Å². The number of amides is 1.